The SMILES string of the molecule is Cc1ccc(C)c(N=Cc2ccc(OCC(=O)Nc3ccccc3)c(Br)c2)c1. The molecule has 0 aliphatic rings. The number of benzene rings is 3. The van der Waals surface area contributed by atoms with E-state index in [1.807, 2.05) is 61.7 Å². The smallest absolute Gasteiger partial charge is 0.262 e. The Morgan fingerprint density at radius 2 is 1.86 bits per heavy atom. The number of para-hydroxylation sites is 1. The van der Waals surface area contributed by atoms with Crippen molar-refractivity contribution >= 4 is 39.4 Å². The van der Waals surface area contributed by atoms with Gasteiger partial charge in [0.25, 0.3) is 5.91 Å². The molecule has 0 unspecified atom stereocenters. The Labute approximate surface area is 173 Å². The van der Waals surface area contributed by atoms with Crippen molar-refractivity contribution in [2.45, 2.75) is 13.8 Å². The van der Waals surface area contributed by atoms with Gasteiger partial charge in [0.15, 0.2) is 6.61 Å². The highest BCUT2D eigenvalue weighted by Gasteiger charge is 2.07. The number of halogens is 1. The lowest BCUT2D eigenvalue weighted by Gasteiger charge is -2.09. The fourth-order valence-electron chi connectivity index (χ4n) is 2.58. The number of ether oxygens (including phenoxy) is 1. The molecule has 0 spiro atoms. The van der Waals surface area contributed by atoms with Crippen molar-refractivity contribution in [3.05, 3.63) is 87.9 Å². The van der Waals surface area contributed by atoms with E-state index in [9.17, 15) is 4.79 Å². The van der Waals surface area contributed by atoms with Crippen LogP contribution in [0.4, 0.5) is 11.4 Å². The van der Waals surface area contributed by atoms with Gasteiger partial charge in [-0.05, 0) is 82.9 Å². The third kappa shape index (κ3) is 5.54. The topological polar surface area (TPSA) is 50.7 Å². The van der Waals surface area contributed by atoms with Crippen molar-refractivity contribution in [3.8, 4) is 5.75 Å². The summed E-state index contributed by atoms with van der Waals surface area (Å²) in [5.41, 5.74) is 4.94. The molecule has 0 aliphatic carbocycles. The molecule has 0 bridgehead atoms. The van der Waals surface area contributed by atoms with Crippen LogP contribution in [0, 0.1) is 13.8 Å². The summed E-state index contributed by atoms with van der Waals surface area (Å²) in [5.74, 6) is 0.394. The van der Waals surface area contributed by atoms with Crippen LogP contribution in [-0.4, -0.2) is 18.7 Å². The number of carbonyl (C=O) groups is 1. The second kappa shape index (κ2) is 9.33. The summed E-state index contributed by atoms with van der Waals surface area (Å²) in [6.45, 7) is 4.03. The van der Waals surface area contributed by atoms with Gasteiger partial charge in [-0.2, -0.15) is 0 Å². The molecule has 0 radical (unpaired) electrons. The van der Waals surface area contributed by atoms with Crippen molar-refractivity contribution in [2.24, 2.45) is 4.99 Å². The zero-order chi connectivity index (χ0) is 19.9. The van der Waals surface area contributed by atoms with Gasteiger partial charge in [-0.3, -0.25) is 9.79 Å². The van der Waals surface area contributed by atoms with E-state index < -0.39 is 0 Å². The Morgan fingerprint density at radius 1 is 1.07 bits per heavy atom. The predicted molar refractivity (Wildman–Crippen MR) is 118 cm³/mol. The van der Waals surface area contributed by atoms with Crippen LogP contribution in [0.25, 0.3) is 0 Å². The van der Waals surface area contributed by atoms with Crippen LogP contribution in [0.2, 0.25) is 0 Å². The van der Waals surface area contributed by atoms with Crippen LogP contribution in [0.1, 0.15) is 16.7 Å². The van der Waals surface area contributed by atoms with Gasteiger partial charge in [-0.25, -0.2) is 0 Å². The summed E-state index contributed by atoms with van der Waals surface area (Å²) in [7, 11) is 0. The van der Waals surface area contributed by atoms with E-state index in [4.69, 9.17) is 4.74 Å². The molecule has 0 heterocycles. The van der Waals surface area contributed by atoms with Gasteiger partial charge in [0.05, 0.1) is 10.2 Å². The average Bonchev–Trinajstić information content (AvgIpc) is 2.68. The maximum atomic E-state index is 12.0. The Hall–Kier alpha value is -2.92. The van der Waals surface area contributed by atoms with E-state index in [-0.39, 0.29) is 12.5 Å². The Morgan fingerprint density at radius 3 is 2.61 bits per heavy atom. The normalized spacial score (nSPS) is 10.8. The highest BCUT2D eigenvalue weighted by molar-refractivity contribution is 9.10. The minimum Gasteiger partial charge on any atom is -0.483 e. The molecule has 0 fully saturated rings. The predicted octanol–water partition coefficient (Wildman–Crippen LogP) is 5.83. The summed E-state index contributed by atoms with van der Waals surface area (Å²) in [6, 6.07) is 21.1. The van der Waals surface area contributed by atoms with Crippen LogP contribution in [0.3, 0.4) is 0 Å². The number of aliphatic imine (C=N–C) groups is 1. The van der Waals surface area contributed by atoms with Crippen molar-refractivity contribution in [3.63, 3.8) is 0 Å². The first-order chi connectivity index (χ1) is 13.5. The Bertz CT molecular complexity index is 1000. The second-order valence-electron chi connectivity index (χ2n) is 6.44. The first kappa shape index (κ1) is 19.8. The molecule has 0 atom stereocenters. The quantitative estimate of drug-likeness (QED) is 0.493. The lowest BCUT2D eigenvalue weighted by molar-refractivity contribution is -0.118. The van der Waals surface area contributed by atoms with Gasteiger partial charge in [-0.15, -0.1) is 0 Å². The van der Waals surface area contributed by atoms with Gasteiger partial charge < -0.3 is 10.1 Å². The molecule has 1 N–H and O–H groups in total. The highest BCUT2D eigenvalue weighted by atomic mass is 79.9. The van der Waals surface area contributed by atoms with Gasteiger partial charge in [0.2, 0.25) is 0 Å². The summed E-state index contributed by atoms with van der Waals surface area (Å²) >= 11 is 3.50. The summed E-state index contributed by atoms with van der Waals surface area (Å²) < 4.78 is 6.39. The standard InChI is InChI=1S/C23H21BrN2O2/c1-16-8-9-17(2)21(12-16)25-14-18-10-11-22(20(24)13-18)28-15-23(27)26-19-6-4-3-5-7-19/h3-14H,15H2,1-2H3,(H,26,27). The Balaban J connectivity index is 1.61. The molecule has 3 aromatic rings. The molecule has 1 amide bonds. The number of amides is 1. The molecule has 5 heteroatoms. The van der Waals surface area contributed by atoms with E-state index in [1.54, 1.807) is 0 Å². The number of carbonyl (C=O) groups excluding carboxylic acids is 1. The lowest BCUT2D eigenvalue weighted by atomic mass is 10.1. The molecule has 0 saturated carbocycles. The molecule has 0 saturated heterocycles. The highest BCUT2D eigenvalue weighted by Crippen LogP contribution is 2.26. The van der Waals surface area contributed by atoms with Gasteiger partial charge in [-0.1, -0.05) is 30.3 Å². The zero-order valence-corrected chi connectivity index (χ0v) is 17.4. The van der Waals surface area contributed by atoms with Crippen LogP contribution < -0.4 is 10.1 Å². The van der Waals surface area contributed by atoms with Crippen molar-refractivity contribution in [1.82, 2.24) is 0 Å². The molecular weight excluding hydrogens is 416 g/mol. The first-order valence-corrected chi connectivity index (χ1v) is 9.69. The van der Waals surface area contributed by atoms with Crippen LogP contribution in [0.15, 0.2) is 76.2 Å². The number of hydrogen-bond donors (Lipinski definition) is 1. The molecule has 0 aromatic heterocycles. The maximum Gasteiger partial charge on any atom is 0.262 e. The van der Waals surface area contributed by atoms with E-state index in [0.717, 1.165) is 27.0 Å². The molecule has 3 rings (SSSR count). The largest absolute Gasteiger partial charge is 0.483 e. The molecule has 28 heavy (non-hydrogen) atoms. The molecule has 142 valence electrons. The van der Waals surface area contributed by atoms with E-state index in [2.05, 4.69) is 51.4 Å². The number of nitrogens with one attached hydrogen (secondary N) is 1. The maximum absolute atomic E-state index is 12.0. The van der Waals surface area contributed by atoms with Crippen LogP contribution in [-0.2, 0) is 4.79 Å². The van der Waals surface area contributed by atoms with E-state index in [1.165, 1.54) is 5.56 Å². The minimum absolute atomic E-state index is 0.0661. The monoisotopic (exact) mass is 436 g/mol. The number of nitrogens with zero attached hydrogens (tertiary/aromatic N) is 1. The summed E-state index contributed by atoms with van der Waals surface area (Å²) in [5, 5.41) is 2.79. The summed E-state index contributed by atoms with van der Waals surface area (Å²) in [4.78, 5) is 16.6. The average molecular weight is 437 g/mol. The number of hydrogen-bond acceptors (Lipinski definition) is 3. The number of anilines is 1. The minimum atomic E-state index is -0.210. The van der Waals surface area contributed by atoms with Gasteiger partial charge >= 0.3 is 0 Å². The second-order valence-corrected chi connectivity index (χ2v) is 7.30. The third-order valence-electron chi connectivity index (χ3n) is 4.09. The fourth-order valence-corrected chi connectivity index (χ4v) is 3.09. The molecule has 4 nitrogen and oxygen atoms in total. The lowest BCUT2D eigenvalue weighted by Crippen LogP contribution is -2.20. The van der Waals surface area contributed by atoms with Crippen LogP contribution >= 0.6 is 15.9 Å². The first-order valence-electron chi connectivity index (χ1n) is 8.90. The van der Waals surface area contributed by atoms with Gasteiger partial charge in [0, 0.05) is 11.9 Å². The Kier molecular flexibility index (Phi) is 6.61. The van der Waals surface area contributed by atoms with Crippen molar-refractivity contribution < 1.29 is 9.53 Å². The third-order valence-corrected chi connectivity index (χ3v) is 4.71. The van der Waals surface area contributed by atoms with Gasteiger partial charge in [0.1, 0.15) is 5.75 Å². The summed E-state index contributed by atoms with van der Waals surface area (Å²) in [6.07, 6.45) is 1.82. The number of aryl methyl sites for hydroxylation is 2. The zero-order valence-electron chi connectivity index (χ0n) is 15.8. The van der Waals surface area contributed by atoms with E-state index >= 15 is 0 Å². The molecule has 3 aromatic carbocycles. The fraction of sp³-hybridized carbons (Fsp3) is 0.130. The molecular formula is C23H21BrN2O2. The van der Waals surface area contributed by atoms with Crippen molar-refractivity contribution in [2.75, 3.05) is 11.9 Å². The van der Waals surface area contributed by atoms with Crippen molar-refractivity contribution in [1.29, 1.82) is 0 Å². The molecule has 0 aliphatic heterocycles. The number of rotatable bonds is 6. The van der Waals surface area contributed by atoms with E-state index in [0.29, 0.717) is 5.75 Å². The van der Waals surface area contributed by atoms with Crippen LogP contribution in [0.5, 0.6) is 5.75 Å².